The van der Waals surface area contributed by atoms with Gasteiger partial charge in [0.25, 0.3) is 0 Å². The molecule has 0 atom stereocenters. The second-order valence-electron chi connectivity index (χ2n) is 4.20. The molecule has 1 aromatic heterocycles. The van der Waals surface area contributed by atoms with Crippen LogP contribution in [-0.2, 0) is 23.1 Å². The van der Waals surface area contributed by atoms with Crippen LogP contribution in [0.4, 0.5) is 0 Å². The van der Waals surface area contributed by atoms with E-state index in [1.165, 1.54) is 18.4 Å². The lowest BCUT2D eigenvalue weighted by atomic mass is 10.2. The highest BCUT2D eigenvalue weighted by Gasteiger charge is 2.17. The summed E-state index contributed by atoms with van der Waals surface area (Å²) in [5, 5.41) is 2.01. The summed E-state index contributed by atoms with van der Waals surface area (Å²) in [4.78, 5) is 1.02. The molecule has 1 aromatic carbocycles. The summed E-state index contributed by atoms with van der Waals surface area (Å²) >= 11 is 7.39. The number of nitrogens with one attached hydrogen (secondary N) is 1. The van der Waals surface area contributed by atoms with Crippen LogP contribution in [0.5, 0.6) is 5.75 Å². The largest absolute Gasteiger partial charge is 0.496 e. The van der Waals surface area contributed by atoms with Crippen molar-refractivity contribution in [3.63, 3.8) is 0 Å². The van der Waals surface area contributed by atoms with E-state index in [2.05, 4.69) is 4.72 Å². The normalized spacial score (nSPS) is 11.6. The Balaban J connectivity index is 2.19. The SMILES string of the molecule is COc1cccc(Cl)c1CNS(=O)(=O)c1csc(CN)c1. The number of thiophene rings is 1. The molecule has 0 saturated heterocycles. The Morgan fingerprint density at radius 2 is 2.19 bits per heavy atom. The van der Waals surface area contributed by atoms with Gasteiger partial charge in [-0.3, -0.25) is 0 Å². The van der Waals surface area contributed by atoms with Gasteiger partial charge < -0.3 is 10.5 Å². The van der Waals surface area contributed by atoms with Crippen molar-refractivity contribution in [2.24, 2.45) is 5.73 Å². The molecule has 0 radical (unpaired) electrons. The number of hydrogen-bond acceptors (Lipinski definition) is 5. The Hall–Kier alpha value is -1.12. The number of benzene rings is 1. The van der Waals surface area contributed by atoms with Gasteiger partial charge >= 0.3 is 0 Å². The number of sulfonamides is 1. The Kier molecular flexibility index (Phi) is 5.23. The van der Waals surface area contributed by atoms with Gasteiger partial charge in [-0.15, -0.1) is 11.3 Å². The second kappa shape index (κ2) is 6.76. The van der Waals surface area contributed by atoms with Crippen LogP contribution < -0.4 is 15.2 Å². The van der Waals surface area contributed by atoms with Crippen LogP contribution in [0.3, 0.4) is 0 Å². The van der Waals surface area contributed by atoms with E-state index in [1.54, 1.807) is 29.6 Å². The molecule has 0 amide bonds. The average molecular weight is 347 g/mol. The first-order chi connectivity index (χ1) is 9.97. The zero-order chi connectivity index (χ0) is 15.5. The van der Waals surface area contributed by atoms with Crippen molar-refractivity contribution in [3.8, 4) is 5.75 Å². The first-order valence-corrected chi connectivity index (χ1v) is 8.80. The van der Waals surface area contributed by atoms with Gasteiger partial charge in [-0.05, 0) is 18.2 Å². The summed E-state index contributed by atoms with van der Waals surface area (Å²) in [5.41, 5.74) is 6.09. The van der Waals surface area contributed by atoms with Gasteiger partial charge in [0.15, 0.2) is 0 Å². The highest BCUT2D eigenvalue weighted by atomic mass is 35.5. The van der Waals surface area contributed by atoms with Crippen LogP contribution in [-0.4, -0.2) is 15.5 Å². The highest BCUT2D eigenvalue weighted by molar-refractivity contribution is 7.89. The van der Waals surface area contributed by atoms with Crippen molar-refractivity contribution in [1.82, 2.24) is 4.72 Å². The second-order valence-corrected chi connectivity index (χ2v) is 7.37. The third-order valence-electron chi connectivity index (χ3n) is 2.88. The molecule has 21 heavy (non-hydrogen) atoms. The number of halogens is 1. The molecule has 0 bridgehead atoms. The topological polar surface area (TPSA) is 81.4 Å². The fourth-order valence-corrected chi connectivity index (χ4v) is 4.14. The molecule has 0 aliphatic rings. The van der Waals surface area contributed by atoms with E-state index in [0.717, 1.165) is 4.88 Å². The fourth-order valence-electron chi connectivity index (χ4n) is 1.76. The lowest BCUT2D eigenvalue weighted by molar-refractivity contribution is 0.409. The van der Waals surface area contributed by atoms with Crippen molar-refractivity contribution in [2.45, 2.75) is 18.0 Å². The fraction of sp³-hybridized carbons (Fsp3) is 0.231. The minimum Gasteiger partial charge on any atom is -0.496 e. The summed E-state index contributed by atoms with van der Waals surface area (Å²) in [6.07, 6.45) is 0. The summed E-state index contributed by atoms with van der Waals surface area (Å²) < 4.78 is 32.1. The van der Waals surface area contributed by atoms with Gasteiger partial charge in [-0.25, -0.2) is 13.1 Å². The average Bonchev–Trinajstić information content (AvgIpc) is 2.95. The van der Waals surface area contributed by atoms with Gasteiger partial charge in [-0.2, -0.15) is 0 Å². The molecule has 2 aromatic rings. The molecule has 5 nitrogen and oxygen atoms in total. The first kappa shape index (κ1) is 16.3. The van der Waals surface area contributed by atoms with Crippen LogP contribution in [0.25, 0.3) is 0 Å². The Labute approximate surface area is 132 Å². The summed E-state index contributed by atoms with van der Waals surface area (Å²) in [6, 6.07) is 6.72. The zero-order valence-electron chi connectivity index (χ0n) is 11.3. The smallest absolute Gasteiger partial charge is 0.241 e. The van der Waals surface area contributed by atoms with Crippen molar-refractivity contribution < 1.29 is 13.2 Å². The predicted molar refractivity (Wildman–Crippen MR) is 84.2 cm³/mol. The van der Waals surface area contributed by atoms with Crippen LogP contribution in [0.15, 0.2) is 34.5 Å². The molecule has 8 heteroatoms. The molecule has 3 N–H and O–H groups in total. The third kappa shape index (κ3) is 3.75. The van der Waals surface area contributed by atoms with E-state index in [9.17, 15) is 8.42 Å². The lowest BCUT2D eigenvalue weighted by Gasteiger charge is -2.11. The van der Waals surface area contributed by atoms with E-state index < -0.39 is 10.0 Å². The minimum atomic E-state index is -3.60. The van der Waals surface area contributed by atoms with Crippen molar-refractivity contribution in [2.75, 3.05) is 7.11 Å². The van der Waals surface area contributed by atoms with E-state index >= 15 is 0 Å². The number of hydrogen-bond donors (Lipinski definition) is 2. The molecular weight excluding hydrogens is 332 g/mol. The van der Waals surface area contributed by atoms with Gasteiger partial charge in [0.2, 0.25) is 10.0 Å². The quantitative estimate of drug-likeness (QED) is 0.841. The Morgan fingerprint density at radius 1 is 1.43 bits per heavy atom. The predicted octanol–water partition coefficient (Wildman–Crippen LogP) is 2.35. The van der Waals surface area contributed by atoms with Gasteiger partial charge in [0, 0.05) is 33.9 Å². The molecule has 114 valence electrons. The molecular formula is C13H15ClN2O3S2. The van der Waals surface area contributed by atoms with Gasteiger partial charge in [0.05, 0.1) is 12.0 Å². The van der Waals surface area contributed by atoms with Crippen molar-refractivity contribution in [3.05, 3.63) is 45.1 Å². The Morgan fingerprint density at radius 3 is 2.81 bits per heavy atom. The Bertz CT molecular complexity index is 729. The van der Waals surface area contributed by atoms with Crippen LogP contribution in [0, 0.1) is 0 Å². The third-order valence-corrected chi connectivity index (χ3v) is 5.72. The van der Waals surface area contributed by atoms with E-state index in [4.69, 9.17) is 22.1 Å². The molecule has 1 heterocycles. The molecule has 0 unspecified atom stereocenters. The molecule has 2 rings (SSSR count). The summed E-state index contributed by atoms with van der Waals surface area (Å²) in [7, 11) is -2.09. The van der Waals surface area contributed by atoms with Crippen molar-refractivity contribution in [1.29, 1.82) is 0 Å². The molecule has 0 fully saturated rings. The zero-order valence-corrected chi connectivity index (χ0v) is 13.7. The molecule has 0 aliphatic heterocycles. The van der Waals surface area contributed by atoms with E-state index in [1.807, 2.05) is 0 Å². The first-order valence-electron chi connectivity index (χ1n) is 6.06. The number of methoxy groups -OCH3 is 1. The summed E-state index contributed by atoms with van der Waals surface area (Å²) in [5.74, 6) is 0.540. The van der Waals surface area contributed by atoms with Crippen LogP contribution >= 0.6 is 22.9 Å². The molecule has 0 aliphatic carbocycles. The van der Waals surface area contributed by atoms with Gasteiger partial charge in [-0.1, -0.05) is 17.7 Å². The van der Waals surface area contributed by atoms with E-state index in [-0.39, 0.29) is 11.4 Å². The van der Waals surface area contributed by atoms with Crippen molar-refractivity contribution >= 4 is 33.0 Å². The maximum atomic E-state index is 12.2. The highest BCUT2D eigenvalue weighted by Crippen LogP contribution is 2.27. The molecule has 0 spiro atoms. The minimum absolute atomic E-state index is 0.0545. The maximum absolute atomic E-state index is 12.2. The number of ether oxygens (including phenoxy) is 1. The standard InChI is InChI=1S/C13H15ClN2O3S2/c1-19-13-4-2-3-12(14)11(13)7-16-21(17,18)10-5-9(6-15)20-8-10/h2-5,8,16H,6-7,15H2,1H3. The number of rotatable bonds is 6. The maximum Gasteiger partial charge on any atom is 0.241 e. The van der Waals surface area contributed by atoms with Crippen LogP contribution in [0.2, 0.25) is 5.02 Å². The summed E-state index contributed by atoms with van der Waals surface area (Å²) in [6.45, 7) is 0.373. The number of nitrogens with two attached hydrogens (primary N) is 1. The van der Waals surface area contributed by atoms with E-state index in [0.29, 0.717) is 22.9 Å². The van der Waals surface area contributed by atoms with Crippen LogP contribution in [0.1, 0.15) is 10.4 Å². The monoisotopic (exact) mass is 346 g/mol. The van der Waals surface area contributed by atoms with Gasteiger partial charge in [0.1, 0.15) is 5.75 Å². The lowest BCUT2D eigenvalue weighted by Crippen LogP contribution is -2.23. The molecule has 0 saturated carbocycles.